The van der Waals surface area contributed by atoms with E-state index in [1.165, 1.54) is 33.2 Å². The lowest BCUT2D eigenvalue weighted by atomic mass is 10.2. The number of hydrogen-bond acceptors (Lipinski definition) is 6. The molecule has 0 N–H and O–H groups in total. The van der Waals surface area contributed by atoms with E-state index < -0.39 is 26.3 Å². The van der Waals surface area contributed by atoms with E-state index in [0.717, 1.165) is 14.7 Å². The number of benzene rings is 2. The molecule has 152 valence electrons. The van der Waals surface area contributed by atoms with Gasteiger partial charge in [0.25, 0.3) is 5.56 Å². The van der Waals surface area contributed by atoms with Crippen molar-refractivity contribution in [3.8, 4) is 11.5 Å². The summed E-state index contributed by atoms with van der Waals surface area (Å²) < 4.78 is 37.9. The Morgan fingerprint density at radius 2 is 1.45 bits per heavy atom. The highest BCUT2D eigenvalue weighted by Crippen LogP contribution is 2.22. The lowest BCUT2D eigenvalue weighted by Gasteiger charge is -2.13. The highest BCUT2D eigenvalue weighted by atomic mass is 32.2. The van der Waals surface area contributed by atoms with Crippen molar-refractivity contribution >= 4 is 10.1 Å². The quantitative estimate of drug-likeness (QED) is 0.568. The van der Waals surface area contributed by atoms with E-state index in [1.54, 1.807) is 12.1 Å². The second kappa shape index (κ2) is 7.96. The average Bonchev–Trinajstić information content (AvgIpc) is 2.71. The lowest BCUT2D eigenvalue weighted by molar-refractivity contribution is 0.306. The Hall–Kier alpha value is -3.33. The molecule has 0 bridgehead atoms. The Morgan fingerprint density at radius 1 is 0.862 bits per heavy atom. The molecule has 0 saturated carbocycles. The van der Waals surface area contributed by atoms with Gasteiger partial charge in [0.05, 0.1) is 0 Å². The van der Waals surface area contributed by atoms with Crippen molar-refractivity contribution in [2.45, 2.75) is 18.4 Å². The topological polar surface area (TPSA) is 96.6 Å². The molecule has 1 aromatic heterocycles. The summed E-state index contributed by atoms with van der Waals surface area (Å²) in [5, 5.41) is 0. The van der Waals surface area contributed by atoms with Gasteiger partial charge in [0, 0.05) is 19.8 Å². The Labute approximate surface area is 167 Å². The van der Waals surface area contributed by atoms with Crippen LogP contribution in [0.3, 0.4) is 0 Å². The monoisotopic (exact) mass is 416 g/mol. The van der Waals surface area contributed by atoms with Gasteiger partial charge in [-0.2, -0.15) is 8.42 Å². The van der Waals surface area contributed by atoms with Gasteiger partial charge >= 0.3 is 15.8 Å². The number of hydrogen-bond donors (Lipinski definition) is 0. The third-order valence-electron chi connectivity index (χ3n) is 4.43. The minimum Gasteiger partial charge on any atom is -0.489 e. The zero-order valence-corrected chi connectivity index (χ0v) is 17.0. The van der Waals surface area contributed by atoms with Crippen LogP contribution in [-0.4, -0.2) is 17.6 Å². The number of nitrogens with zero attached hydrogens (tertiary/aromatic N) is 2. The summed E-state index contributed by atoms with van der Waals surface area (Å²) in [7, 11) is -1.84. The first kappa shape index (κ1) is 20.4. The van der Waals surface area contributed by atoms with Gasteiger partial charge in [0.2, 0.25) is 0 Å². The van der Waals surface area contributed by atoms with Crippen molar-refractivity contribution in [1.29, 1.82) is 0 Å². The van der Waals surface area contributed by atoms with E-state index in [4.69, 9.17) is 8.92 Å². The smallest absolute Gasteiger partial charge is 0.346 e. The Morgan fingerprint density at radius 3 is 2.07 bits per heavy atom. The normalized spacial score (nSPS) is 11.3. The van der Waals surface area contributed by atoms with Crippen molar-refractivity contribution in [1.82, 2.24) is 9.13 Å². The minimum atomic E-state index is -4.44. The van der Waals surface area contributed by atoms with Gasteiger partial charge in [-0.05, 0) is 36.8 Å². The number of rotatable bonds is 6. The van der Waals surface area contributed by atoms with E-state index >= 15 is 0 Å². The second-order valence-electron chi connectivity index (χ2n) is 6.40. The molecule has 2 aromatic carbocycles. The van der Waals surface area contributed by atoms with Crippen molar-refractivity contribution in [3.63, 3.8) is 0 Å². The summed E-state index contributed by atoms with van der Waals surface area (Å²) >= 11 is 0. The van der Waals surface area contributed by atoms with Crippen LogP contribution in [0.4, 0.5) is 0 Å². The van der Waals surface area contributed by atoms with Crippen LogP contribution in [0.5, 0.6) is 11.5 Å². The first-order chi connectivity index (χ1) is 13.7. The molecule has 0 aliphatic rings. The molecule has 0 radical (unpaired) electrons. The summed E-state index contributed by atoms with van der Waals surface area (Å²) in [5.41, 5.74) is -0.558. The molecule has 1 heterocycles. The summed E-state index contributed by atoms with van der Waals surface area (Å²) in [5.74, 6) is 0.556. The van der Waals surface area contributed by atoms with Crippen molar-refractivity contribution in [3.05, 3.63) is 86.7 Å². The summed E-state index contributed by atoms with van der Waals surface area (Å²) in [6, 6.07) is 15.6. The molecule has 8 nitrogen and oxygen atoms in total. The SMILES string of the molecule is Cc1c(S(=O)(=O)Oc2ccc(OCc3ccccc3)cc2)c(=O)n(C)c(=O)n1C. The maximum Gasteiger partial charge on any atom is 0.346 e. The van der Waals surface area contributed by atoms with Crippen LogP contribution < -0.4 is 20.2 Å². The van der Waals surface area contributed by atoms with Gasteiger partial charge in [-0.3, -0.25) is 13.9 Å². The molecule has 0 aliphatic carbocycles. The zero-order chi connectivity index (χ0) is 21.2. The predicted molar refractivity (Wildman–Crippen MR) is 107 cm³/mol. The molecule has 29 heavy (non-hydrogen) atoms. The molecule has 3 aromatic rings. The molecule has 0 aliphatic heterocycles. The van der Waals surface area contributed by atoms with Crippen LogP contribution in [-0.2, 0) is 30.8 Å². The summed E-state index contributed by atoms with van der Waals surface area (Å²) in [6.45, 7) is 1.74. The largest absolute Gasteiger partial charge is 0.489 e. The van der Waals surface area contributed by atoms with Gasteiger partial charge in [-0.15, -0.1) is 0 Å². The average molecular weight is 416 g/mol. The van der Waals surface area contributed by atoms with Crippen LogP contribution in [0.15, 0.2) is 69.1 Å². The molecule has 0 fully saturated rings. The van der Waals surface area contributed by atoms with Crippen molar-refractivity contribution in [2.24, 2.45) is 14.1 Å². The van der Waals surface area contributed by atoms with Crippen molar-refractivity contribution in [2.75, 3.05) is 0 Å². The van der Waals surface area contributed by atoms with Crippen molar-refractivity contribution < 1.29 is 17.3 Å². The van der Waals surface area contributed by atoms with Crippen LogP contribution in [0.25, 0.3) is 0 Å². The van der Waals surface area contributed by atoms with Crippen LogP contribution in [0.1, 0.15) is 11.3 Å². The molecule has 0 atom stereocenters. The first-order valence-corrected chi connectivity index (χ1v) is 10.1. The third kappa shape index (κ3) is 4.24. The minimum absolute atomic E-state index is 0.000847. The Balaban J connectivity index is 1.81. The first-order valence-electron chi connectivity index (χ1n) is 8.68. The number of ether oxygens (including phenoxy) is 1. The molecule has 3 rings (SSSR count). The molecule has 0 unspecified atom stereocenters. The van der Waals surface area contributed by atoms with E-state index in [-0.39, 0.29) is 11.4 Å². The van der Waals surface area contributed by atoms with E-state index in [1.807, 2.05) is 30.3 Å². The summed E-state index contributed by atoms with van der Waals surface area (Å²) in [4.78, 5) is 23.7. The Kier molecular flexibility index (Phi) is 5.60. The number of aromatic nitrogens is 2. The third-order valence-corrected chi connectivity index (χ3v) is 5.81. The zero-order valence-electron chi connectivity index (χ0n) is 16.2. The van der Waals surface area contributed by atoms with E-state index in [2.05, 4.69) is 0 Å². The summed E-state index contributed by atoms with van der Waals surface area (Å²) in [6.07, 6.45) is 0. The maximum absolute atomic E-state index is 12.7. The molecule has 0 spiro atoms. The molecule has 9 heteroatoms. The molecular weight excluding hydrogens is 396 g/mol. The standard InChI is InChI=1S/C20H20N2O6S/c1-14-18(19(23)22(3)20(24)21(14)2)29(25,26)28-17-11-9-16(10-12-17)27-13-15-7-5-4-6-8-15/h4-12H,13H2,1-3H3. The highest BCUT2D eigenvalue weighted by Gasteiger charge is 2.27. The molecule has 0 amide bonds. The Bertz CT molecular complexity index is 1240. The van der Waals surface area contributed by atoms with Gasteiger partial charge in [-0.25, -0.2) is 4.79 Å². The fraction of sp³-hybridized carbons (Fsp3) is 0.200. The molecular formula is C20H20N2O6S. The van der Waals surface area contributed by atoms with Gasteiger partial charge < -0.3 is 8.92 Å². The van der Waals surface area contributed by atoms with E-state index in [0.29, 0.717) is 12.4 Å². The van der Waals surface area contributed by atoms with Gasteiger partial charge in [-0.1, -0.05) is 30.3 Å². The van der Waals surface area contributed by atoms with Gasteiger partial charge in [0.15, 0.2) is 4.90 Å². The van der Waals surface area contributed by atoms with E-state index in [9.17, 15) is 18.0 Å². The molecule has 0 saturated heterocycles. The maximum atomic E-state index is 12.7. The lowest BCUT2D eigenvalue weighted by Crippen LogP contribution is -2.41. The second-order valence-corrected chi connectivity index (χ2v) is 7.89. The van der Waals surface area contributed by atoms with Gasteiger partial charge in [0.1, 0.15) is 18.1 Å². The highest BCUT2D eigenvalue weighted by molar-refractivity contribution is 7.87. The fourth-order valence-corrected chi connectivity index (χ4v) is 4.00. The predicted octanol–water partition coefficient (Wildman–Crippen LogP) is 1.74. The van der Waals surface area contributed by atoms with Crippen LogP contribution >= 0.6 is 0 Å². The van der Waals surface area contributed by atoms with Crippen LogP contribution in [0, 0.1) is 6.92 Å². The fourth-order valence-electron chi connectivity index (χ4n) is 2.70. The van der Waals surface area contributed by atoms with Crippen LogP contribution in [0.2, 0.25) is 0 Å².